The molecule has 1 aliphatic rings. The number of pyridine rings is 2. The van der Waals surface area contributed by atoms with Crippen molar-refractivity contribution in [2.75, 3.05) is 11.9 Å². The van der Waals surface area contributed by atoms with Crippen LogP contribution in [-0.2, 0) is 19.8 Å². The highest BCUT2D eigenvalue weighted by Crippen LogP contribution is 2.43. The number of anilines is 1. The average Bonchev–Trinajstić information content (AvgIpc) is 3.43. The molecule has 10 heteroatoms. The van der Waals surface area contributed by atoms with E-state index in [1.54, 1.807) is 39.1 Å². The summed E-state index contributed by atoms with van der Waals surface area (Å²) in [6.07, 6.45) is 1.11. The number of aromatic nitrogens is 2. The van der Waals surface area contributed by atoms with Crippen molar-refractivity contribution in [3.63, 3.8) is 0 Å². The van der Waals surface area contributed by atoms with Gasteiger partial charge in [0.2, 0.25) is 0 Å². The zero-order chi connectivity index (χ0) is 29.7. The first-order valence-electron chi connectivity index (χ1n) is 13.3. The van der Waals surface area contributed by atoms with Gasteiger partial charge in [0.1, 0.15) is 22.8 Å². The third-order valence-electron chi connectivity index (χ3n) is 6.75. The molecule has 0 spiro atoms. The van der Waals surface area contributed by atoms with Crippen molar-refractivity contribution in [2.24, 2.45) is 0 Å². The maximum absolute atomic E-state index is 14.9. The lowest BCUT2D eigenvalue weighted by Crippen LogP contribution is -2.28. The van der Waals surface area contributed by atoms with Gasteiger partial charge in [-0.1, -0.05) is 18.5 Å². The first-order chi connectivity index (χ1) is 19.1. The highest BCUT2D eigenvalue weighted by atomic mass is 35.5. The predicted molar refractivity (Wildman–Crippen MR) is 160 cm³/mol. The number of rotatable bonds is 5. The largest absolute Gasteiger partial charge is 0.444 e. The molecule has 1 aromatic carbocycles. The Morgan fingerprint density at radius 3 is 2.61 bits per heavy atom. The van der Waals surface area contributed by atoms with Crippen LogP contribution in [0.5, 0.6) is 0 Å². The monoisotopic (exact) mass is 597 g/mol. The molecule has 5 rings (SSSR count). The first-order valence-corrected chi connectivity index (χ1v) is 14.5. The van der Waals surface area contributed by atoms with Gasteiger partial charge in [0, 0.05) is 27.3 Å². The van der Waals surface area contributed by atoms with E-state index in [0.717, 1.165) is 20.5 Å². The van der Waals surface area contributed by atoms with E-state index in [1.807, 2.05) is 45.9 Å². The fraction of sp³-hybridized carbons (Fsp3) is 0.387. The van der Waals surface area contributed by atoms with Crippen LogP contribution in [0, 0.1) is 5.82 Å². The van der Waals surface area contributed by atoms with E-state index in [9.17, 15) is 9.18 Å². The van der Waals surface area contributed by atoms with E-state index < -0.39 is 23.1 Å². The molecular weight excluding hydrogens is 565 g/mol. The Morgan fingerprint density at radius 1 is 1.17 bits per heavy atom. The summed E-state index contributed by atoms with van der Waals surface area (Å²) in [6.45, 7) is 13.5. The van der Waals surface area contributed by atoms with E-state index >= 15 is 0 Å². The Bertz CT molecular complexity index is 1630. The van der Waals surface area contributed by atoms with Crippen LogP contribution in [0.1, 0.15) is 70.5 Å². The molecule has 1 amide bonds. The van der Waals surface area contributed by atoms with Crippen LogP contribution >= 0.6 is 22.9 Å². The van der Waals surface area contributed by atoms with Gasteiger partial charge in [0.05, 0.1) is 23.0 Å². The lowest BCUT2D eigenvalue weighted by atomic mass is 9.95. The number of ether oxygens (including phenoxy) is 3. The first kappa shape index (κ1) is 29.4. The average molecular weight is 598 g/mol. The minimum atomic E-state index is -0.696. The summed E-state index contributed by atoms with van der Waals surface area (Å²) in [4.78, 5) is 22.4. The molecule has 2 atom stereocenters. The van der Waals surface area contributed by atoms with E-state index in [0.29, 0.717) is 34.4 Å². The van der Waals surface area contributed by atoms with Crippen molar-refractivity contribution in [2.45, 2.75) is 71.4 Å². The molecular formula is C31H33ClFN3O4S. The summed E-state index contributed by atoms with van der Waals surface area (Å²) < 4.78 is 33.2. The lowest BCUT2D eigenvalue weighted by Gasteiger charge is -2.25. The number of halogens is 2. The van der Waals surface area contributed by atoms with Gasteiger partial charge >= 0.3 is 6.09 Å². The molecule has 7 nitrogen and oxygen atoms in total. The number of nitrogens with zero attached hydrogens (tertiary/aromatic N) is 2. The molecule has 41 heavy (non-hydrogen) atoms. The molecule has 1 N–H and O–H groups in total. The van der Waals surface area contributed by atoms with Crippen LogP contribution in [0.3, 0.4) is 0 Å². The molecule has 1 aliphatic heterocycles. The van der Waals surface area contributed by atoms with Crippen molar-refractivity contribution in [1.82, 2.24) is 9.97 Å². The normalized spacial score (nSPS) is 19.3. The minimum Gasteiger partial charge on any atom is -0.444 e. The van der Waals surface area contributed by atoms with Crippen molar-refractivity contribution in [3.05, 3.63) is 75.6 Å². The van der Waals surface area contributed by atoms with Crippen molar-refractivity contribution in [3.8, 4) is 11.3 Å². The molecule has 0 radical (unpaired) electrons. The second kappa shape index (κ2) is 10.6. The van der Waals surface area contributed by atoms with Crippen LogP contribution in [0.4, 0.5) is 15.0 Å². The van der Waals surface area contributed by atoms with Gasteiger partial charge in [0.15, 0.2) is 5.79 Å². The maximum atomic E-state index is 14.9. The van der Waals surface area contributed by atoms with Crippen molar-refractivity contribution in [1.29, 1.82) is 0 Å². The van der Waals surface area contributed by atoms with Crippen LogP contribution in [-0.4, -0.2) is 34.1 Å². The van der Waals surface area contributed by atoms with Crippen molar-refractivity contribution < 1.29 is 23.4 Å². The number of hydrogen-bond acceptors (Lipinski definition) is 7. The molecule has 4 aromatic rings. The lowest BCUT2D eigenvalue weighted by molar-refractivity contribution is -0.159. The van der Waals surface area contributed by atoms with Gasteiger partial charge in [-0.05, 0) is 95.0 Å². The molecule has 1 fully saturated rings. The Labute approximate surface area is 248 Å². The predicted octanol–water partition coefficient (Wildman–Crippen LogP) is 8.65. The summed E-state index contributed by atoms with van der Waals surface area (Å²) in [6, 6.07) is 12.1. The third-order valence-corrected chi connectivity index (χ3v) is 8.44. The number of thiophene rings is 1. The van der Waals surface area contributed by atoms with Crippen molar-refractivity contribution >= 4 is 44.9 Å². The second-order valence-corrected chi connectivity index (χ2v) is 13.4. The number of benzene rings is 1. The maximum Gasteiger partial charge on any atom is 0.413 e. The fourth-order valence-electron chi connectivity index (χ4n) is 4.88. The standard InChI is InChI=1S/C31H33ClFN3O4S/c1-17(26-22(32)8-9-25(35-26)36-28(37)39-29(2,3)4)24-13-18-12-20(33)15-21(27(18)41-24)23-14-19(10-11-34-23)31(7)16-38-30(5,6)40-31/h8-15,17H,16H2,1-7H3,(H,35,36,37). The highest BCUT2D eigenvalue weighted by Gasteiger charge is 2.43. The van der Waals surface area contributed by atoms with E-state index in [1.165, 1.54) is 23.5 Å². The SMILES string of the molecule is CC(c1cc2cc(F)cc(-c3cc(C4(C)COC(C)(C)O4)ccn3)c2s1)c1nc(NC(=O)OC(C)(C)C)ccc1Cl. The van der Waals surface area contributed by atoms with Gasteiger partial charge in [0.25, 0.3) is 0 Å². The molecule has 1 saturated heterocycles. The number of fused-ring (bicyclic) bond motifs is 1. The zero-order valence-corrected chi connectivity index (χ0v) is 25.7. The third kappa shape index (κ3) is 6.38. The minimum absolute atomic E-state index is 0.235. The molecule has 0 saturated carbocycles. The Balaban J connectivity index is 1.49. The van der Waals surface area contributed by atoms with E-state index in [4.69, 9.17) is 25.8 Å². The fourth-order valence-corrected chi connectivity index (χ4v) is 6.36. The summed E-state index contributed by atoms with van der Waals surface area (Å²) in [5, 5.41) is 3.88. The van der Waals surface area contributed by atoms with Gasteiger partial charge in [-0.25, -0.2) is 14.2 Å². The van der Waals surface area contributed by atoms with Gasteiger partial charge in [-0.3, -0.25) is 10.3 Å². The Hall–Kier alpha value is -3.11. The molecule has 2 unspecified atom stereocenters. The topological polar surface area (TPSA) is 82.6 Å². The molecule has 0 bridgehead atoms. The molecule has 4 heterocycles. The molecule has 216 valence electrons. The summed E-state index contributed by atoms with van der Waals surface area (Å²) in [5.41, 5.74) is 1.53. The number of amides is 1. The highest BCUT2D eigenvalue weighted by molar-refractivity contribution is 7.19. The Kier molecular flexibility index (Phi) is 7.61. The smallest absolute Gasteiger partial charge is 0.413 e. The second-order valence-electron chi connectivity index (χ2n) is 11.9. The number of carbonyl (C=O) groups is 1. The summed E-state index contributed by atoms with van der Waals surface area (Å²) >= 11 is 8.08. The number of hydrogen-bond donors (Lipinski definition) is 1. The quantitative estimate of drug-likeness (QED) is 0.248. The molecule has 3 aromatic heterocycles. The number of carbonyl (C=O) groups excluding carboxylic acids is 1. The van der Waals surface area contributed by atoms with E-state index in [-0.39, 0.29) is 11.7 Å². The zero-order valence-electron chi connectivity index (χ0n) is 24.1. The van der Waals surface area contributed by atoms with Gasteiger partial charge in [-0.2, -0.15) is 0 Å². The Morgan fingerprint density at radius 2 is 1.93 bits per heavy atom. The van der Waals surface area contributed by atoms with Gasteiger partial charge in [-0.15, -0.1) is 11.3 Å². The van der Waals surface area contributed by atoms with E-state index in [2.05, 4.69) is 15.3 Å². The molecule has 0 aliphatic carbocycles. The van der Waals surface area contributed by atoms with Crippen LogP contribution in [0.2, 0.25) is 5.02 Å². The van der Waals surface area contributed by atoms with Gasteiger partial charge < -0.3 is 14.2 Å². The summed E-state index contributed by atoms with van der Waals surface area (Å²) in [7, 11) is 0. The van der Waals surface area contributed by atoms with Crippen LogP contribution in [0.25, 0.3) is 21.3 Å². The number of nitrogens with one attached hydrogen (secondary N) is 1. The summed E-state index contributed by atoms with van der Waals surface area (Å²) in [5.74, 6) is -0.961. The van der Waals surface area contributed by atoms with Crippen LogP contribution < -0.4 is 5.32 Å². The van der Waals surface area contributed by atoms with Crippen LogP contribution in [0.15, 0.2) is 48.7 Å².